The van der Waals surface area contributed by atoms with Crippen LogP contribution in [0.15, 0.2) is 53.7 Å². The fourth-order valence-electron chi connectivity index (χ4n) is 2.89. The zero-order chi connectivity index (χ0) is 17.2. The molecule has 0 saturated carbocycles. The van der Waals surface area contributed by atoms with Gasteiger partial charge in [0.1, 0.15) is 5.52 Å². The highest BCUT2D eigenvalue weighted by Crippen LogP contribution is 2.28. The maximum atomic E-state index is 5.34. The summed E-state index contributed by atoms with van der Waals surface area (Å²) in [7, 11) is 0. The highest BCUT2D eigenvalue weighted by molar-refractivity contribution is 7.99. The molecule has 0 unspecified atom stereocenters. The van der Waals surface area contributed by atoms with Gasteiger partial charge in [0.05, 0.1) is 11.3 Å². The number of fused-ring (bicyclic) bond motifs is 3. The number of hydrogen-bond acceptors (Lipinski definition) is 4. The molecule has 122 valence electrons. The summed E-state index contributed by atoms with van der Waals surface area (Å²) in [4.78, 5) is 4.72. The summed E-state index contributed by atoms with van der Waals surface area (Å²) < 4.78 is 2.20. The zero-order valence-electron chi connectivity index (χ0n) is 13.8. The van der Waals surface area contributed by atoms with E-state index >= 15 is 0 Å². The summed E-state index contributed by atoms with van der Waals surface area (Å²) in [6.07, 6.45) is 5.34. The molecule has 0 bridgehead atoms. The van der Waals surface area contributed by atoms with E-state index in [1.807, 2.05) is 12.1 Å². The molecule has 4 rings (SSSR count). The van der Waals surface area contributed by atoms with Crippen LogP contribution in [0.25, 0.3) is 22.1 Å². The Labute approximate surface area is 150 Å². The second-order valence-corrected chi connectivity index (χ2v) is 6.79. The van der Waals surface area contributed by atoms with E-state index in [1.54, 1.807) is 0 Å². The predicted molar refractivity (Wildman–Crippen MR) is 103 cm³/mol. The molecular weight excluding hydrogens is 328 g/mol. The van der Waals surface area contributed by atoms with Gasteiger partial charge in [-0.2, -0.15) is 0 Å². The molecule has 2 aromatic heterocycles. The smallest absolute Gasteiger partial charge is 0.212 e. The van der Waals surface area contributed by atoms with E-state index < -0.39 is 0 Å². The number of hydrogen-bond donors (Lipinski definition) is 0. The van der Waals surface area contributed by atoms with E-state index in [-0.39, 0.29) is 0 Å². The quantitative estimate of drug-likeness (QED) is 0.414. The van der Waals surface area contributed by atoms with Crippen molar-refractivity contribution in [2.75, 3.05) is 5.75 Å². The molecule has 0 radical (unpaired) electrons. The first-order valence-electron chi connectivity index (χ1n) is 8.00. The van der Waals surface area contributed by atoms with E-state index in [9.17, 15) is 0 Å². The van der Waals surface area contributed by atoms with Crippen LogP contribution < -0.4 is 0 Å². The monoisotopic (exact) mass is 344 g/mol. The fourth-order valence-corrected chi connectivity index (χ4v) is 3.35. The Morgan fingerprint density at radius 1 is 1.08 bits per heavy atom. The first kappa shape index (κ1) is 15.7. The van der Waals surface area contributed by atoms with Gasteiger partial charge in [0.25, 0.3) is 0 Å². The second kappa shape index (κ2) is 6.58. The molecular formula is C20H16N4S. The summed E-state index contributed by atoms with van der Waals surface area (Å²) >= 11 is 1.43. The number of para-hydroxylation sites is 1. The van der Waals surface area contributed by atoms with Gasteiger partial charge in [0, 0.05) is 11.9 Å². The zero-order valence-corrected chi connectivity index (χ0v) is 14.6. The Bertz CT molecular complexity index is 1090. The Kier molecular flexibility index (Phi) is 4.12. The predicted octanol–water partition coefficient (Wildman–Crippen LogP) is 4.06. The molecule has 0 atom stereocenters. The Hall–Kier alpha value is -2.84. The molecule has 0 spiro atoms. The van der Waals surface area contributed by atoms with Crippen molar-refractivity contribution in [3.63, 3.8) is 0 Å². The lowest BCUT2D eigenvalue weighted by molar-refractivity contribution is 0.815. The van der Waals surface area contributed by atoms with Crippen LogP contribution in [0.4, 0.5) is 0 Å². The van der Waals surface area contributed by atoms with Gasteiger partial charge >= 0.3 is 0 Å². The van der Waals surface area contributed by atoms with Crippen LogP contribution in [0.3, 0.4) is 0 Å². The van der Waals surface area contributed by atoms with Crippen LogP contribution in [0.2, 0.25) is 0 Å². The average molecular weight is 344 g/mol. The topological polar surface area (TPSA) is 43.6 Å². The van der Waals surface area contributed by atoms with Crippen molar-refractivity contribution >= 4 is 33.8 Å². The number of terminal acetylenes is 1. The third-order valence-corrected chi connectivity index (χ3v) is 4.84. The lowest BCUT2D eigenvalue weighted by Crippen LogP contribution is -2.02. The highest BCUT2D eigenvalue weighted by Gasteiger charge is 2.15. The van der Waals surface area contributed by atoms with Crippen molar-refractivity contribution < 1.29 is 0 Å². The molecule has 0 fully saturated rings. The summed E-state index contributed by atoms with van der Waals surface area (Å²) in [5.41, 5.74) is 5.26. The molecule has 0 aliphatic carbocycles. The summed E-state index contributed by atoms with van der Waals surface area (Å²) in [6, 6.07) is 16.8. The van der Waals surface area contributed by atoms with Crippen molar-refractivity contribution in [3.05, 3.63) is 59.7 Å². The lowest BCUT2D eigenvalue weighted by atomic mass is 10.1. The molecule has 2 heterocycles. The molecule has 4 aromatic rings. The first-order chi connectivity index (χ1) is 12.3. The minimum absolute atomic E-state index is 0.533. The van der Waals surface area contributed by atoms with Crippen LogP contribution in [0.1, 0.15) is 11.1 Å². The van der Waals surface area contributed by atoms with E-state index in [0.29, 0.717) is 10.9 Å². The van der Waals surface area contributed by atoms with E-state index in [0.717, 1.165) is 28.6 Å². The third-order valence-electron chi connectivity index (χ3n) is 4.10. The minimum atomic E-state index is 0.533. The van der Waals surface area contributed by atoms with E-state index in [4.69, 9.17) is 11.4 Å². The van der Waals surface area contributed by atoms with Crippen LogP contribution in [0.5, 0.6) is 0 Å². The van der Waals surface area contributed by atoms with Crippen molar-refractivity contribution in [2.24, 2.45) is 0 Å². The molecule has 0 aliphatic heterocycles. The second-order valence-electron chi connectivity index (χ2n) is 5.85. The normalized spacial score (nSPS) is 11.0. The number of rotatable bonds is 4. The van der Waals surface area contributed by atoms with Crippen LogP contribution in [0, 0.1) is 19.3 Å². The van der Waals surface area contributed by atoms with Crippen LogP contribution >= 0.6 is 11.8 Å². The Morgan fingerprint density at radius 3 is 2.68 bits per heavy atom. The van der Waals surface area contributed by atoms with Gasteiger partial charge in [-0.3, -0.25) is 0 Å². The first-order valence-corrected chi connectivity index (χ1v) is 8.98. The number of thioether (sulfide) groups is 1. The van der Waals surface area contributed by atoms with E-state index in [2.05, 4.69) is 64.0 Å². The number of aromatic nitrogens is 4. The largest absolute Gasteiger partial charge is 0.319 e. The number of aryl methyl sites for hydroxylation is 1. The van der Waals surface area contributed by atoms with Gasteiger partial charge in [-0.1, -0.05) is 65.7 Å². The van der Waals surface area contributed by atoms with Crippen molar-refractivity contribution in [2.45, 2.75) is 18.6 Å². The summed E-state index contributed by atoms with van der Waals surface area (Å²) in [5, 5.41) is 10.3. The maximum Gasteiger partial charge on any atom is 0.212 e. The van der Waals surface area contributed by atoms with Gasteiger partial charge in [-0.25, -0.2) is 4.98 Å². The van der Waals surface area contributed by atoms with Gasteiger partial charge in [-0.05, 0) is 18.6 Å². The number of benzene rings is 2. The Balaban J connectivity index is 1.89. The molecule has 0 aliphatic rings. The third kappa shape index (κ3) is 2.97. The number of nitrogens with zero attached hydrogens (tertiary/aromatic N) is 4. The van der Waals surface area contributed by atoms with Crippen LogP contribution in [-0.4, -0.2) is 25.5 Å². The van der Waals surface area contributed by atoms with Gasteiger partial charge in [-0.15, -0.1) is 16.6 Å². The van der Waals surface area contributed by atoms with Gasteiger partial charge in [0.15, 0.2) is 5.65 Å². The average Bonchev–Trinajstić information content (AvgIpc) is 2.95. The molecule has 5 heteroatoms. The molecule has 2 aromatic carbocycles. The molecule has 25 heavy (non-hydrogen) atoms. The maximum absolute atomic E-state index is 5.34. The van der Waals surface area contributed by atoms with Crippen molar-refractivity contribution in [1.29, 1.82) is 0 Å². The Morgan fingerprint density at radius 2 is 1.88 bits per heavy atom. The summed E-state index contributed by atoms with van der Waals surface area (Å²) in [5.74, 6) is 3.13. The fraction of sp³-hybridized carbons (Fsp3) is 0.150. The molecule has 0 N–H and O–H groups in total. The van der Waals surface area contributed by atoms with E-state index in [1.165, 1.54) is 22.9 Å². The molecule has 0 amide bonds. The minimum Gasteiger partial charge on any atom is -0.319 e. The lowest BCUT2D eigenvalue weighted by Gasteiger charge is -2.07. The standard InChI is InChI=1S/C20H16N4S/c1-3-12-25-20-21-19-18(22-23-20)16-6-4-5-7-17(16)24(19)13-15-10-8-14(2)9-11-15/h1,4-11H,12-13H2,2H3. The van der Waals surface area contributed by atoms with Crippen molar-refractivity contribution in [1.82, 2.24) is 19.7 Å². The highest BCUT2D eigenvalue weighted by atomic mass is 32.2. The van der Waals surface area contributed by atoms with Crippen LogP contribution in [-0.2, 0) is 6.54 Å². The van der Waals surface area contributed by atoms with Crippen molar-refractivity contribution in [3.8, 4) is 12.3 Å². The molecule has 4 nitrogen and oxygen atoms in total. The van der Waals surface area contributed by atoms with Gasteiger partial charge < -0.3 is 4.57 Å². The SMILES string of the molecule is C#CCSc1nnc2c3ccccc3n(Cc3ccc(C)cc3)c2n1. The molecule has 0 saturated heterocycles. The summed E-state index contributed by atoms with van der Waals surface area (Å²) in [6.45, 7) is 2.83. The van der Waals surface area contributed by atoms with Gasteiger partial charge in [0.2, 0.25) is 5.16 Å².